The molecular weight excluding hydrogens is 1130 g/mol. The smallest absolute Gasteiger partial charge is 0.453 e. The molecule has 83 heavy (non-hydrogen) atoms. The number of hydrogen-bond donors (Lipinski definition) is 2. The summed E-state index contributed by atoms with van der Waals surface area (Å²) in [6.07, 6.45) is -18.4. The number of halogens is 14. The van der Waals surface area contributed by atoms with Crippen LogP contribution >= 0.6 is 0 Å². The van der Waals surface area contributed by atoms with E-state index in [9.17, 15) is 53.5 Å². The zero-order valence-corrected chi connectivity index (χ0v) is 43.4. The van der Waals surface area contributed by atoms with Crippen LogP contribution in [0.15, 0.2) is 158 Å². The molecule has 0 heterocycles. The van der Waals surface area contributed by atoms with Crippen LogP contribution in [0.4, 0.5) is 72.8 Å². The van der Waals surface area contributed by atoms with Crippen molar-refractivity contribution in [2.24, 2.45) is 5.41 Å². The van der Waals surface area contributed by atoms with E-state index in [0.717, 1.165) is 60.7 Å². The Bertz CT molecular complexity index is 2890. The number of nitrogens with two attached hydrogens (primary N) is 2. The Labute approximate surface area is 466 Å². The molecule has 0 saturated carbocycles. The van der Waals surface area contributed by atoms with Crippen molar-refractivity contribution in [3.8, 4) is 23.0 Å². The zero-order valence-electron chi connectivity index (χ0n) is 43.4. The third-order valence-corrected chi connectivity index (χ3v) is 12.3. The number of anilines is 2. The van der Waals surface area contributed by atoms with Crippen molar-refractivity contribution >= 4 is 35.5 Å². The van der Waals surface area contributed by atoms with E-state index < -0.39 is 104 Å². The van der Waals surface area contributed by atoms with Gasteiger partial charge in [-0.3, -0.25) is 0 Å². The Morgan fingerprint density at radius 3 is 1.04 bits per heavy atom. The van der Waals surface area contributed by atoms with Crippen molar-refractivity contribution in [2.75, 3.05) is 37.9 Å². The van der Waals surface area contributed by atoms with Gasteiger partial charge in [0, 0.05) is 41.8 Å². The third kappa shape index (κ3) is 19.3. The highest BCUT2D eigenvalue weighted by molar-refractivity contribution is 5.87. The average Bonchev–Trinajstić information content (AvgIpc) is 3.46. The molecule has 0 saturated heterocycles. The second kappa shape index (κ2) is 27.1. The van der Waals surface area contributed by atoms with Gasteiger partial charge in [-0.1, -0.05) is 48.5 Å². The van der Waals surface area contributed by atoms with Gasteiger partial charge in [0.25, 0.3) is 0 Å². The van der Waals surface area contributed by atoms with Gasteiger partial charge in [0.1, 0.15) is 36.2 Å². The minimum atomic E-state index is -5.70. The molecule has 0 aliphatic rings. The normalized spacial score (nSPS) is 12.8. The van der Waals surface area contributed by atoms with Crippen LogP contribution in [0.2, 0.25) is 0 Å². The number of ether oxygens (including phenoxy) is 6. The molecule has 0 unspecified atom stereocenters. The van der Waals surface area contributed by atoms with Gasteiger partial charge in [0.2, 0.25) is 0 Å². The molecule has 6 aromatic carbocycles. The van der Waals surface area contributed by atoms with E-state index in [0.29, 0.717) is 33.6 Å². The minimum Gasteiger partial charge on any atom is -0.494 e. The summed E-state index contributed by atoms with van der Waals surface area (Å²) in [5.74, 6) is -12.2. The molecule has 0 aliphatic carbocycles. The number of hydrogen-bond acceptors (Lipinski definition) is 10. The Kier molecular flexibility index (Phi) is 20.8. The first kappa shape index (κ1) is 63.7. The number of benzene rings is 6. The minimum absolute atomic E-state index is 0.00783. The first-order valence-electron chi connectivity index (χ1n) is 25.0. The largest absolute Gasteiger partial charge is 0.494 e. The standard InChI is InChI=1S/C59H52F14N2O8/c60-54(61,58(68,69)70)31-1-33-78-47-21-25-49(26-22-47)82-56(64,65)43-13-3-39(4-14-43)11-29-51(76)80-37-53(35-41-7-17-45(74)18-8-41,36-42-9-19-46(75)20-10-42)38-81-52(77)30-12-40-5-15-44(16-6-40)57(66,67)83-50-27-23-48(24-28-50)79-34-2-32-55(62,63)59(71,72)73/h3-30H,1-2,31-38,74-75H2/b29-11+,30-12+. The van der Waals surface area contributed by atoms with E-state index >= 15 is 17.6 Å². The van der Waals surface area contributed by atoms with Crippen molar-refractivity contribution in [1.82, 2.24) is 0 Å². The van der Waals surface area contributed by atoms with Crippen LogP contribution in [-0.2, 0) is 44.1 Å². The fourth-order valence-electron chi connectivity index (χ4n) is 7.77. The summed E-state index contributed by atoms with van der Waals surface area (Å²) in [7, 11) is 0. The second-order valence-electron chi connectivity index (χ2n) is 19.0. The molecule has 0 aliphatic heterocycles. The molecule has 0 spiro atoms. The molecular formula is C59H52F14N2O8. The van der Waals surface area contributed by atoms with Crippen molar-refractivity contribution in [1.29, 1.82) is 0 Å². The van der Waals surface area contributed by atoms with Crippen molar-refractivity contribution in [2.45, 2.75) is 74.9 Å². The summed E-state index contributed by atoms with van der Waals surface area (Å²) < 4.78 is 219. The van der Waals surface area contributed by atoms with E-state index in [2.05, 4.69) is 0 Å². The number of nitrogen functional groups attached to an aromatic ring is 2. The third-order valence-electron chi connectivity index (χ3n) is 12.3. The van der Waals surface area contributed by atoms with Crippen molar-refractivity contribution in [3.05, 3.63) is 191 Å². The molecule has 4 N–H and O–H groups in total. The molecule has 6 rings (SSSR count). The summed E-state index contributed by atoms with van der Waals surface area (Å²) in [4.78, 5) is 26.7. The molecule has 444 valence electrons. The summed E-state index contributed by atoms with van der Waals surface area (Å²) in [5, 5.41) is 0. The number of carbonyl (C=O) groups is 2. The lowest BCUT2D eigenvalue weighted by molar-refractivity contribution is -0.284. The molecule has 24 heteroatoms. The van der Waals surface area contributed by atoms with Gasteiger partial charge in [0.05, 0.1) is 24.3 Å². The molecule has 0 atom stereocenters. The summed E-state index contributed by atoms with van der Waals surface area (Å²) in [6.45, 7) is -1.68. The van der Waals surface area contributed by atoms with Gasteiger partial charge in [0.15, 0.2) is 0 Å². The van der Waals surface area contributed by atoms with Crippen LogP contribution in [0.3, 0.4) is 0 Å². The average molecular weight is 1180 g/mol. The second-order valence-corrected chi connectivity index (χ2v) is 19.0. The van der Waals surface area contributed by atoms with E-state index in [1.165, 1.54) is 60.7 Å². The monoisotopic (exact) mass is 1180 g/mol. The zero-order chi connectivity index (χ0) is 60.7. The van der Waals surface area contributed by atoms with E-state index in [-0.39, 0.29) is 49.1 Å². The predicted molar refractivity (Wildman–Crippen MR) is 278 cm³/mol. The summed E-state index contributed by atoms with van der Waals surface area (Å²) >= 11 is 0. The first-order chi connectivity index (χ1) is 38.9. The number of carbonyl (C=O) groups excluding carboxylic acids is 2. The van der Waals surface area contributed by atoms with E-state index in [1.807, 2.05) is 0 Å². The fourth-order valence-corrected chi connectivity index (χ4v) is 7.77. The topological polar surface area (TPSA) is 142 Å². The maximum Gasteiger partial charge on any atom is 0.453 e. The predicted octanol–water partition coefficient (Wildman–Crippen LogP) is 15.1. The lowest BCUT2D eigenvalue weighted by Crippen LogP contribution is -2.38. The summed E-state index contributed by atoms with van der Waals surface area (Å²) in [6, 6.07) is 31.8. The maximum absolute atomic E-state index is 15.2. The van der Waals surface area contributed by atoms with Crippen LogP contribution in [0.1, 0.15) is 59.1 Å². The van der Waals surface area contributed by atoms with Gasteiger partial charge in [-0.05, 0) is 157 Å². The maximum atomic E-state index is 15.2. The van der Waals surface area contributed by atoms with Gasteiger partial charge in [-0.2, -0.15) is 61.5 Å². The van der Waals surface area contributed by atoms with Crippen LogP contribution in [0.25, 0.3) is 12.2 Å². The fraction of sp³-hybridized carbons (Fsp3) is 0.288. The van der Waals surface area contributed by atoms with Gasteiger partial charge in [-0.15, -0.1) is 0 Å². The quantitative estimate of drug-likeness (QED) is 0.0160. The van der Waals surface area contributed by atoms with Gasteiger partial charge in [-0.25, -0.2) is 9.59 Å². The highest BCUT2D eigenvalue weighted by atomic mass is 19.4. The Hall–Kier alpha value is -8.44. The van der Waals surface area contributed by atoms with Crippen LogP contribution in [0.5, 0.6) is 23.0 Å². The van der Waals surface area contributed by atoms with Crippen LogP contribution < -0.4 is 30.4 Å². The van der Waals surface area contributed by atoms with Crippen molar-refractivity contribution in [3.63, 3.8) is 0 Å². The number of rotatable bonds is 28. The van der Waals surface area contributed by atoms with Gasteiger partial charge < -0.3 is 39.9 Å². The molecule has 0 amide bonds. The highest BCUT2D eigenvalue weighted by Crippen LogP contribution is 2.41. The highest BCUT2D eigenvalue weighted by Gasteiger charge is 2.57. The molecule has 10 nitrogen and oxygen atoms in total. The van der Waals surface area contributed by atoms with E-state index in [1.54, 1.807) is 48.5 Å². The molecule has 0 aromatic heterocycles. The number of esters is 2. The van der Waals surface area contributed by atoms with Gasteiger partial charge >= 0.3 is 48.4 Å². The lowest BCUT2D eigenvalue weighted by Gasteiger charge is -2.33. The first-order valence-corrected chi connectivity index (χ1v) is 25.0. The van der Waals surface area contributed by atoms with Crippen LogP contribution in [0, 0.1) is 5.41 Å². The molecule has 6 aromatic rings. The molecule has 0 radical (unpaired) electrons. The Balaban J connectivity index is 1.06. The number of alkyl halides is 14. The Morgan fingerprint density at radius 2 is 0.723 bits per heavy atom. The molecule has 0 fully saturated rings. The molecule has 0 bridgehead atoms. The summed E-state index contributed by atoms with van der Waals surface area (Å²) in [5.41, 5.74) is 12.5. The van der Waals surface area contributed by atoms with Crippen molar-refractivity contribution < 1.29 is 99.5 Å². The van der Waals surface area contributed by atoms with Crippen LogP contribution in [-0.4, -0.2) is 62.6 Å². The lowest BCUT2D eigenvalue weighted by atomic mass is 9.77. The SMILES string of the molecule is Nc1ccc(CC(COC(=O)/C=C/c2ccc(C(F)(F)Oc3ccc(OCCCC(F)(F)C(F)(F)F)cc3)cc2)(COC(=O)/C=C/c2ccc(C(F)(F)Oc3ccc(OCCCC(F)(F)C(F)(F)F)cc3)cc2)Cc2ccc(N)cc2)cc1. The van der Waals surface area contributed by atoms with E-state index in [4.69, 9.17) is 39.9 Å². The Morgan fingerprint density at radius 1 is 0.410 bits per heavy atom.